The summed E-state index contributed by atoms with van der Waals surface area (Å²) in [7, 11) is 0. The molecule has 3 rings (SSSR count). The maximum absolute atomic E-state index is 13.3. The highest BCUT2D eigenvalue weighted by Gasteiger charge is 2.37. The predicted molar refractivity (Wildman–Crippen MR) is 100 cm³/mol. The second kappa shape index (κ2) is 7.26. The molecule has 0 aliphatic rings. The van der Waals surface area contributed by atoms with Gasteiger partial charge in [0, 0.05) is 24.8 Å². The highest BCUT2D eigenvalue weighted by atomic mass is 19.4. The van der Waals surface area contributed by atoms with Crippen molar-refractivity contribution in [2.75, 3.05) is 6.54 Å². The minimum Gasteiger partial charge on any atom is -0.350 e. The first kappa shape index (κ1) is 19.9. The molecule has 8 heteroatoms. The van der Waals surface area contributed by atoms with E-state index in [2.05, 4.69) is 36.1 Å². The molecule has 0 fully saturated rings. The van der Waals surface area contributed by atoms with E-state index in [0.717, 1.165) is 10.1 Å². The molecule has 2 aromatic heterocycles. The third-order valence-corrected chi connectivity index (χ3v) is 4.39. The number of nitrogens with one attached hydrogen (secondary N) is 1. The van der Waals surface area contributed by atoms with Crippen molar-refractivity contribution in [1.82, 2.24) is 19.9 Å². The van der Waals surface area contributed by atoms with Crippen molar-refractivity contribution < 1.29 is 18.0 Å². The molecule has 0 radical (unpaired) electrons. The zero-order valence-corrected chi connectivity index (χ0v) is 15.8. The smallest absolute Gasteiger partial charge is 0.350 e. The molecule has 0 unspecified atom stereocenters. The summed E-state index contributed by atoms with van der Waals surface area (Å²) < 4.78 is 40.8. The molecule has 1 N–H and O–H groups in total. The lowest BCUT2D eigenvalue weighted by molar-refractivity contribution is -0.146. The fourth-order valence-electron chi connectivity index (χ4n) is 2.89. The third-order valence-electron chi connectivity index (χ3n) is 4.39. The van der Waals surface area contributed by atoms with Crippen LogP contribution in [0.2, 0.25) is 0 Å². The number of carbonyl (C=O) groups is 1. The lowest BCUT2D eigenvalue weighted by Gasteiger charge is -2.19. The summed E-state index contributed by atoms with van der Waals surface area (Å²) in [5.41, 5.74) is 1.82. The van der Waals surface area contributed by atoms with Crippen LogP contribution >= 0.6 is 0 Å². The molecule has 28 heavy (non-hydrogen) atoms. The molecule has 0 aliphatic heterocycles. The predicted octanol–water partition coefficient (Wildman–Crippen LogP) is 4.18. The average Bonchev–Trinajstić information content (AvgIpc) is 3.00. The Morgan fingerprint density at radius 1 is 1.11 bits per heavy atom. The van der Waals surface area contributed by atoms with Crippen LogP contribution in [0.25, 0.3) is 11.2 Å². The maximum Gasteiger partial charge on any atom is 0.449 e. The molecule has 0 atom stereocenters. The Bertz CT molecular complexity index is 985. The number of hydrogen-bond donors (Lipinski definition) is 1. The van der Waals surface area contributed by atoms with E-state index >= 15 is 0 Å². The number of rotatable bonds is 4. The Morgan fingerprint density at radius 3 is 2.39 bits per heavy atom. The van der Waals surface area contributed by atoms with E-state index in [1.54, 1.807) is 12.1 Å². The van der Waals surface area contributed by atoms with Gasteiger partial charge in [0.05, 0.1) is 0 Å². The number of alkyl halides is 3. The number of amides is 1. The summed E-state index contributed by atoms with van der Waals surface area (Å²) in [6.07, 6.45) is -3.19. The third kappa shape index (κ3) is 4.16. The van der Waals surface area contributed by atoms with Gasteiger partial charge in [-0.25, -0.2) is 9.97 Å². The van der Waals surface area contributed by atoms with Crippen LogP contribution in [0.1, 0.15) is 42.5 Å². The summed E-state index contributed by atoms with van der Waals surface area (Å²) in [6, 6.07) is 10.2. The molecule has 0 saturated heterocycles. The van der Waals surface area contributed by atoms with Crippen LogP contribution in [0.5, 0.6) is 0 Å². The lowest BCUT2D eigenvalue weighted by Crippen LogP contribution is -2.28. The Hall–Kier alpha value is -2.90. The first-order chi connectivity index (χ1) is 13.1. The van der Waals surface area contributed by atoms with Crippen molar-refractivity contribution in [2.45, 2.75) is 38.9 Å². The normalized spacial score (nSPS) is 12.4. The van der Waals surface area contributed by atoms with Crippen LogP contribution in [-0.4, -0.2) is 27.0 Å². The van der Waals surface area contributed by atoms with Gasteiger partial charge in [-0.15, -0.1) is 0 Å². The number of nitrogens with zero attached hydrogens (tertiary/aromatic N) is 3. The fourth-order valence-corrected chi connectivity index (χ4v) is 2.89. The van der Waals surface area contributed by atoms with Gasteiger partial charge in [-0.1, -0.05) is 32.9 Å². The summed E-state index contributed by atoms with van der Waals surface area (Å²) in [6.45, 7) is 6.15. The van der Waals surface area contributed by atoms with Crippen molar-refractivity contribution in [2.24, 2.45) is 0 Å². The molecule has 148 valence electrons. The highest BCUT2D eigenvalue weighted by Crippen LogP contribution is 2.30. The number of carbonyl (C=O) groups excluding carboxylic acids is 1. The molecule has 2 heterocycles. The molecule has 0 bridgehead atoms. The van der Waals surface area contributed by atoms with Gasteiger partial charge in [-0.05, 0) is 35.2 Å². The molecular weight excluding hydrogens is 369 g/mol. The summed E-state index contributed by atoms with van der Waals surface area (Å²) in [5.74, 6) is -1.36. The second-order valence-corrected chi connectivity index (χ2v) is 7.51. The van der Waals surface area contributed by atoms with Crippen molar-refractivity contribution in [1.29, 1.82) is 0 Å². The maximum atomic E-state index is 13.3. The standard InChI is InChI=1S/C20H21F3N4O/c1-19(2,3)14-8-6-13(7-9-14)17(28)25-11-12-27-16-15(5-4-10-24-16)26-18(27)20(21,22)23/h4-10H,11-12H2,1-3H3,(H,25,28). The van der Waals surface area contributed by atoms with E-state index in [0.29, 0.717) is 5.56 Å². The number of hydrogen-bond acceptors (Lipinski definition) is 3. The van der Waals surface area contributed by atoms with Crippen molar-refractivity contribution in [3.63, 3.8) is 0 Å². The van der Waals surface area contributed by atoms with Gasteiger partial charge < -0.3 is 9.88 Å². The summed E-state index contributed by atoms with van der Waals surface area (Å²) in [4.78, 5) is 19.9. The Kier molecular flexibility index (Phi) is 5.14. The number of benzene rings is 1. The van der Waals surface area contributed by atoms with Gasteiger partial charge in [0.15, 0.2) is 5.65 Å². The average molecular weight is 390 g/mol. The van der Waals surface area contributed by atoms with Gasteiger partial charge in [0.25, 0.3) is 5.91 Å². The fraction of sp³-hybridized carbons (Fsp3) is 0.350. The SMILES string of the molecule is CC(C)(C)c1ccc(C(=O)NCCn2c(C(F)(F)F)nc3cccnc32)cc1. The quantitative estimate of drug-likeness (QED) is 0.727. The number of aromatic nitrogens is 3. The van der Waals surface area contributed by atoms with Gasteiger partial charge in [0.2, 0.25) is 5.82 Å². The lowest BCUT2D eigenvalue weighted by atomic mass is 9.87. The van der Waals surface area contributed by atoms with Crippen LogP contribution in [0.15, 0.2) is 42.6 Å². The number of pyridine rings is 1. The van der Waals surface area contributed by atoms with Crippen molar-refractivity contribution in [3.8, 4) is 0 Å². The topological polar surface area (TPSA) is 59.8 Å². The molecule has 5 nitrogen and oxygen atoms in total. The van der Waals surface area contributed by atoms with E-state index in [4.69, 9.17) is 0 Å². The van der Waals surface area contributed by atoms with Crippen LogP contribution in [0.4, 0.5) is 13.2 Å². The first-order valence-electron chi connectivity index (χ1n) is 8.84. The molecule has 0 spiro atoms. The molecule has 1 aromatic carbocycles. The molecule has 3 aromatic rings. The van der Waals surface area contributed by atoms with Gasteiger partial charge in [-0.2, -0.15) is 13.2 Å². The Balaban J connectivity index is 1.72. The number of halogens is 3. The molecule has 0 aliphatic carbocycles. The zero-order chi connectivity index (χ0) is 20.5. The largest absolute Gasteiger partial charge is 0.449 e. The second-order valence-electron chi connectivity index (χ2n) is 7.51. The van der Waals surface area contributed by atoms with Crippen LogP contribution in [-0.2, 0) is 18.1 Å². The monoisotopic (exact) mass is 390 g/mol. The molecule has 1 amide bonds. The van der Waals surface area contributed by atoms with Crippen LogP contribution in [0.3, 0.4) is 0 Å². The molecule has 0 saturated carbocycles. The van der Waals surface area contributed by atoms with Crippen molar-refractivity contribution in [3.05, 3.63) is 59.5 Å². The van der Waals surface area contributed by atoms with Crippen molar-refractivity contribution >= 4 is 17.1 Å². The molecular formula is C20H21F3N4O. The summed E-state index contributed by atoms with van der Waals surface area (Å²) >= 11 is 0. The highest BCUT2D eigenvalue weighted by molar-refractivity contribution is 5.94. The van der Waals surface area contributed by atoms with E-state index < -0.39 is 12.0 Å². The Morgan fingerprint density at radius 2 is 1.79 bits per heavy atom. The van der Waals surface area contributed by atoms with Crippen LogP contribution in [0, 0.1) is 0 Å². The number of imidazole rings is 1. The minimum atomic E-state index is -4.60. The van der Waals surface area contributed by atoms with E-state index in [1.165, 1.54) is 18.3 Å². The van der Waals surface area contributed by atoms with Crippen LogP contribution < -0.4 is 5.32 Å². The number of fused-ring (bicyclic) bond motifs is 1. The van der Waals surface area contributed by atoms with Gasteiger partial charge >= 0.3 is 6.18 Å². The van der Waals surface area contributed by atoms with E-state index in [1.807, 2.05) is 12.1 Å². The van der Waals surface area contributed by atoms with E-state index in [9.17, 15) is 18.0 Å². The first-order valence-corrected chi connectivity index (χ1v) is 8.84. The van der Waals surface area contributed by atoms with Gasteiger partial charge in [0.1, 0.15) is 5.52 Å². The van der Waals surface area contributed by atoms with Gasteiger partial charge in [-0.3, -0.25) is 4.79 Å². The van der Waals surface area contributed by atoms with E-state index in [-0.39, 0.29) is 35.6 Å². The Labute approximate surface area is 160 Å². The minimum absolute atomic E-state index is 0.0188. The zero-order valence-electron chi connectivity index (χ0n) is 15.8. The summed E-state index contributed by atoms with van der Waals surface area (Å²) in [5, 5.41) is 2.66.